The third-order valence-electron chi connectivity index (χ3n) is 1.67. The van der Waals surface area contributed by atoms with Crippen molar-refractivity contribution >= 4 is 16.1 Å². The van der Waals surface area contributed by atoms with Crippen molar-refractivity contribution in [2.45, 2.75) is 26.2 Å². The minimum Gasteiger partial charge on any atom is -0.339 e. The van der Waals surface area contributed by atoms with Crippen molar-refractivity contribution in [1.29, 1.82) is 0 Å². The smallest absolute Gasteiger partial charge is 0.339 e. The Labute approximate surface area is 136 Å². The molecule has 4 heteroatoms. The summed E-state index contributed by atoms with van der Waals surface area (Å²) in [5.74, 6) is 0. The van der Waals surface area contributed by atoms with Gasteiger partial charge in [-0.3, -0.25) is 4.98 Å². The fourth-order valence-electron chi connectivity index (χ4n) is 0.313. The van der Waals surface area contributed by atoms with Crippen LogP contribution in [0.15, 0.2) is 55.1 Å². The minimum atomic E-state index is -1.12. The molecule has 19 heavy (non-hydrogen) atoms. The number of hydrogen-bond donors (Lipinski definition) is 0. The van der Waals surface area contributed by atoms with Crippen LogP contribution in [0.25, 0.3) is 0 Å². The van der Waals surface area contributed by atoms with Crippen molar-refractivity contribution in [3.63, 3.8) is 0 Å². The van der Waals surface area contributed by atoms with Gasteiger partial charge < -0.3 is 13.1 Å². The fraction of sp³-hybridized carbons (Fsp3) is 0.267. The standard InChI is InChI=1S/C5H5N.2C5H11Si.Pt/c1-2-4-6-5-3-1;2*1-5-6(2,3)4;/h1-5H;2*5H,1-2H2,3-4H3;/q;2*-1;+2. The number of pyridine rings is 1. The van der Waals surface area contributed by atoms with Crippen molar-refractivity contribution < 1.29 is 21.1 Å². The summed E-state index contributed by atoms with van der Waals surface area (Å²) >= 11 is 0. The SMILES string of the molecule is C=C[Si]([CH2-])(C)C.C=C[Si]([CH2-])(C)C.[Pt+2].c1ccncc1. The molecule has 0 amide bonds. The molecule has 1 aromatic heterocycles. The van der Waals surface area contributed by atoms with Gasteiger partial charge in [-0.2, -0.15) is 0 Å². The zero-order valence-electron chi connectivity index (χ0n) is 12.6. The van der Waals surface area contributed by atoms with Gasteiger partial charge in [-0.1, -0.05) is 48.4 Å². The Kier molecular flexibility index (Phi) is 16.0. The van der Waals surface area contributed by atoms with Crippen molar-refractivity contribution in [3.8, 4) is 0 Å². The average Bonchev–Trinajstić information content (AvgIpc) is 2.31. The van der Waals surface area contributed by atoms with E-state index in [1.807, 2.05) is 29.6 Å². The molecule has 0 radical (unpaired) electrons. The number of nitrogens with zero attached hydrogens (tertiary/aromatic N) is 1. The van der Waals surface area contributed by atoms with Gasteiger partial charge in [-0.05, 0) is 12.1 Å². The van der Waals surface area contributed by atoms with E-state index in [9.17, 15) is 0 Å². The third kappa shape index (κ3) is 31.9. The van der Waals surface area contributed by atoms with Crippen LogP contribution >= 0.6 is 0 Å². The predicted octanol–water partition coefficient (Wildman–Crippen LogP) is 4.67. The van der Waals surface area contributed by atoms with Crippen LogP contribution in [0.2, 0.25) is 26.2 Å². The molecule has 0 bridgehead atoms. The van der Waals surface area contributed by atoms with Crippen LogP contribution < -0.4 is 0 Å². The summed E-state index contributed by atoms with van der Waals surface area (Å²) in [5, 5.41) is 0. The molecule has 1 heterocycles. The average molecular weight is 473 g/mol. The molecule has 0 fully saturated rings. The van der Waals surface area contributed by atoms with Gasteiger partial charge in [0.25, 0.3) is 0 Å². The summed E-state index contributed by atoms with van der Waals surface area (Å²) in [7, 11) is -2.23. The van der Waals surface area contributed by atoms with E-state index in [0.717, 1.165) is 0 Å². The molecule has 1 rings (SSSR count). The Morgan fingerprint density at radius 3 is 1.16 bits per heavy atom. The summed E-state index contributed by atoms with van der Waals surface area (Å²) in [4.78, 5) is 3.78. The number of hydrogen-bond acceptors (Lipinski definition) is 1. The molecule has 0 aromatic carbocycles. The van der Waals surface area contributed by atoms with Crippen LogP contribution in [0, 0.1) is 13.1 Å². The van der Waals surface area contributed by atoms with E-state index in [4.69, 9.17) is 0 Å². The monoisotopic (exact) mass is 472 g/mol. The molecule has 0 spiro atoms. The van der Waals surface area contributed by atoms with E-state index in [-0.39, 0.29) is 21.1 Å². The molecule has 0 saturated heterocycles. The summed E-state index contributed by atoms with van der Waals surface area (Å²) in [5.41, 5.74) is 3.93. The first kappa shape index (κ1) is 23.8. The maximum absolute atomic E-state index is 3.91. The molecule has 0 aliphatic carbocycles. The van der Waals surface area contributed by atoms with Gasteiger partial charge >= 0.3 is 21.1 Å². The molecule has 0 aliphatic heterocycles. The van der Waals surface area contributed by atoms with Crippen LogP contribution in [0.5, 0.6) is 0 Å². The normalized spacial score (nSPS) is 9.58. The molecule has 0 aliphatic rings. The molecular weight excluding hydrogens is 445 g/mol. The Hall–Kier alpha value is -0.248. The summed E-state index contributed by atoms with van der Waals surface area (Å²) < 4.78 is 0. The van der Waals surface area contributed by atoms with E-state index < -0.39 is 16.1 Å². The molecule has 1 nitrogen and oxygen atoms in total. The first-order valence-electron chi connectivity index (χ1n) is 5.95. The van der Waals surface area contributed by atoms with E-state index in [1.54, 1.807) is 12.4 Å². The second kappa shape index (κ2) is 12.8. The van der Waals surface area contributed by atoms with Crippen LogP contribution in [-0.2, 0) is 21.1 Å². The molecule has 0 atom stereocenters. The first-order chi connectivity index (χ1) is 8.12. The van der Waals surface area contributed by atoms with Gasteiger partial charge in [0, 0.05) is 12.4 Å². The van der Waals surface area contributed by atoms with Crippen LogP contribution in [0.1, 0.15) is 0 Å². The van der Waals surface area contributed by atoms with Gasteiger partial charge in [0.1, 0.15) is 0 Å². The largest absolute Gasteiger partial charge is 2.00 e. The van der Waals surface area contributed by atoms with E-state index >= 15 is 0 Å². The van der Waals surface area contributed by atoms with E-state index in [0.29, 0.717) is 0 Å². The summed E-state index contributed by atoms with van der Waals surface area (Å²) in [6.45, 7) is 23.7. The second-order valence-electron chi connectivity index (χ2n) is 5.41. The van der Waals surface area contributed by atoms with Crippen molar-refractivity contribution in [2.24, 2.45) is 0 Å². The Morgan fingerprint density at radius 2 is 1.11 bits per heavy atom. The topological polar surface area (TPSA) is 12.9 Å². The van der Waals surface area contributed by atoms with Crippen molar-refractivity contribution in [3.05, 3.63) is 68.2 Å². The van der Waals surface area contributed by atoms with Gasteiger partial charge in [0.2, 0.25) is 0 Å². The minimum absolute atomic E-state index is 0. The Bertz CT molecular complexity index is 268. The van der Waals surface area contributed by atoms with Gasteiger partial charge in [-0.25, -0.2) is 0 Å². The Morgan fingerprint density at radius 1 is 0.842 bits per heavy atom. The molecular formula is C15H27NPtSi2. The predicted molar refractivity (Wildman–Crippen MR) is 90.3 cm³/mol. The zero-order chi connectivity index (χ0) is 14.7. The van der Waals surface area contributed by atoms with Gasteiger partial charge in [-0.15, -0.1) is 24.6 Å². The fourth-order valence-corrected chi connectivity index (χ4v) is 0.313. The maximum atomic E-state index is 3.91. The quantitative estimate of drug-likeness (QED) is 0.451. The van der Waals surface area contributed by atoms with E-state index in [1.165, 1.54) is 0 Å². The summed E-state index contributed by atoms with van der Waals surface area (Å²) in [6, 6.07) is 5.72. The van der Waals surface area contributed by atoms with Crippen LogP contribution in [-0.4, -0.2) is 21.1 Å². The molecule has 0 saturated carbocycles. The van der Waals surface area contributed by atoms with Crippen LogP contribution in [0.3, 0.4) is 0 Å². The van der Waals surface area contributed by atoms with E-state index in [2.05, 4.69) is 57.4 Å². The van der Waals surface area contributed by atoms with Gasteiger partial charge in [0.15, 0.2) is 0 Å². The third-order valence-corrected chi connectivity index (χ3v) is 3.88. The second-order valence-corrected chi connectivity index (χ2v) is 14.2. The Balaban J connectivity index is -0.000000197. The van der Waals surface area contributed by atoms with Gasteiger partial charge in [0.05, 0.1) is 0 Å². The molecule has 1 aromatic rings. The summed E-state index contributed by atoms with van der Waals surface area (Å²) in [6.07, 6.45) is 3.50. The molecule has 110 valence electrons. The maximum Gasteiger partial charge on any atom is 2.00 e. The van der Waals surface area contributed by atoms with Crippen LogP contribution in [0.4, 0.5) is 0 Å². The molecule has 0 N–H and O–H groups in total. The van der Waals surface area contributed by atoms with Crippen molar-refractivity contribution in [1.82, 2.24) is 4.98 Å². The van der Waals surface area contributed by atoms with Crippen molar-refractivity contribution in [2.75, 3.05) is 0 Å². The number of aromatic nitrogens is 1. The first-order valence-corrected chi connectivity index (χ1v) is 12.5. The zero-order valence-corrected chi connectivity index (χ0v) is 16.9. The number of rotatable bonds is 2. The molecule has 0 unspecified atom stereocenters.